The van der Waals surface area contributed by atoms with Crippen molar-refractivity contribution in [2.24, 2.45) is 0 Å². The fourth-order valence-corrected chi connectivity index (χ4v) is 3.85. The fraction of sp³-hybridized carbons (Fsp3) is 0.263. The number of ether oxygens (including phenoxy) is 1. The molecule has 3 aromatic carbocycles. The number of benzene rings is 3. The quantitative estimate of drug-likeness (QED) is 0.404. The third-order valence-electron chi connectivity index (χ3n) is 4.94. The van der Waals surface area contributed by atoms with Crippen molar-refractivity contribution in [1.29, 1.82) is 0 Å². The second-order valence-electron chi connectivity index (χ2n) is 6.22. The number of fused-ring (bicyclic) bond motifs is 4. The van der Waals surface area contributed by atoms with Gasteiger partial charge in [0.05, 0.1) is 23.3 Å². The maximum atomic E-state index is 10.9. The van der Waals surface area contributed by atoms with E-state index in [0.717, 1.165) is 36.8 Å². The van der Waals surface area contributed by atoms with Gasteiger partial charge in [-0.15, -0.1) is 0 Å². The fourth-order valence-electron chi connectivity index (χ4n) is 3.85. The molecule has 0 radical (unpaired) electrons. The number of hydrogen-bond acceptors (Lipinski definition) is 5. The maximum absolute atomic E-state index is 10.9. The zero-order valence-corrected chi connectivity index (χ0v) is 13.3. The largest absolute Gasteiger partial charge is 0.507 e. The van der Waals surface area contributed by atoms with E-state index in [2.05, 4.69) is 0 Å². The molecule has 4 N–H and O–H groups in total. The molecule has 0 bridgehead atoms. The van der Waals surface area contributed by atoms with Crippen LogP contribution in [0.15, 0.2) is 18.2 Å². The van der Waals surface area contributed by atoms with E-state index in [9.17, 15) is 20.4 Å². The molecule has 1 aliphatic rings. The molecule has 0 heterocycles. The highest BCUT2D eigenvalue weighted by Crippen LogP contribution is 2.53. The van der Waals surface area contributed by atoms with Crippen molar-refractivity contribution in [3.8, 4) is 28.7 Å². The molecule has 5 heteroatoms. The van der Waals surface area contributed by atoms with Gasteiger partial charge >= 0.3 is 0 Å². The molecule has 3 aromatic rings. The highest BCUT2D eigenvalue weighted by atomic mass is 16.5. The van der Waals surface area contributed by atoms with Crippen LogP contribution in [-0.2, 0) is 12.8 Å². The monoisotopic (exact) mass is 326 g/mol. The number of phenols is 4. The van der Waals surface area contributed by atoms with E-state index in [0.29, 0.717) is 16.5 Å². The average molecular weight is 326 g/mol. The van der Waals surface area contributed by atoms with Gasteiger partial charge < -0.3 is 25.2 Å². The average Bonchev–Trinajstić information content (AvgIpc) is 2.59. The summed E-state index contributed by atoms with van der Waals surface area (Å²) < 4.78 is 5.43. The van der Waals surface area contributed by atoms with Gasteiger partial charge in [-0.3, -0.25) is 0 Å². The van der Waals surface area contributed by atoms with Crippen LogP contribution in [0.5, 0.6) is 28.7 Å². The van der Waals surface area contributed by atoms with Crippen LogP contribution in [0.3, 0.4) is 0 Å². The van der Waals surface area contributed by atoms with E-state index in [-0.39, 0.29) is 33.8 Å². The summed E-state index contributed by atoms with van der Waals surface area (Å²) in [4.78, 5) is 0. The van der Waals surface area contributed by atoms with Gasteiger partial charge in [0.25, 0.3) is 0 Å². The molecule has 0 saturated carbocycles. The van der Waals surface area contributed by atoms with E-state index >= 15 is 0 Å². The Morgan fingerprint density at radius 1 is 0.792 bits per heavy atom. The Morgan fingerprint density at radius 2 is 1.38 bits per heavy atom. The van der Waals surface area contributed by atoms with Crippen LogP contribution < -0.4 is 4.74 Å². The van der Waals surface area contributed by atoms with Crippen molar-refractivity contribution in [1.82, 2.24) is 0 Å². The molecule has 0 saturated heterocycles. The molecule has 24 heavy (non-hydrogen) atoms. The summed E-state index contributed by atoms with van der Waals surface area (Å²) in [5.74, 6) is -0.287. The Bertz CT molecular complexity index is 991. The second-order valence-corrected chi connectivity index (χ2v) is 6.22. The van der Waals surface area contributed by atoms with Gasteiger partial charge in [-0.1, -0.05) is 0 Å². The highest BCUT2D eigenvalue weighted by Gasteiger charge is 2.26. The first-order valence-corrected chi connectivity index (χ1v) is 7.95. The first-order valence-electron chi connectivity index (χ1n) is 7.95. The summed E-state index contributed by atoms with van der Waals surface area (Å²) in [6.45, 7) is 0. The lowest BCUT2D eigenvalue weighted by Gasteiger charge is -2.22. The normalized spacial score (nSPS) is 14.0. The van der Waals surface area contributed by atoms with Crippen molar-refractivity contribution in [2.75, 3.05) is 7.11 Å². The second kappa shape index (κ2) is 5.09. The summed E-state index contributed by atoms with van der Waals surface area (Å²) in [7, 11) is 1.51. The molecule has 0 fully saturated rings. The summed E-state index contributed by atoms with van der Waals surface area (Å²) in [6.07, 6.45) is 3.73. The van der Waals surface area contributed by atoms with Crippen LogP contribution >= 0.6 is 0 Å². The Kier molecular flexibility index (Phi) is 3.13. The van der Waals surface area contributed by atoms with Crippen LogP contribution in [0.25, 0.3) is 21.5 Å². The third-order valence-corrected chi connectivity index (χ3v) is 4.94. The zero-order chi connectivity index (χ0) is 17.0. The van der Waals surface area contributed by atoms with E-state index < -0.39 is 0 Å². The predicted molar refractivity (Wildman–Crippen MR) is 91.3 cm³/mol. The first kappa shape index (κ1) is 14.8. The molecule has 0 spiro atoms. The van der Waals surface area contributed by atoms with Gasteiger partial charge in [-0.2, -0.15) is 0 Å². The summed E-state index contributed by atoms with van der Waals surface area (Å²) in [6, 6.07) is 4.48. The number of hydrogen-bond donors (Lipinski definition) is 4. The zero-order valence-electron chi connectivity index (χ0n) is 13.3. The molecule has 0 amide bonds. The van der Waals surface area contributed by atoms with Crippen LogP contribution in [0.4, 0.5) is 0 Å². The molecule has 1 aliphatic carbocycles. The molecular weight excluding hydrogens is 308 g/mol. The van der Waals surface area contributed by atoms with E-state index in [1.54, 1.807) is 0 Å². The standard InChI is InChI=1S/C19H18O5/c1-24-13-8-9-4-2-3-5-10(9)14-17(13)19(23)16-12(21)7-6-11(20)15(16)18(14)22/h6-8,20-23H,2-5H2,1H3. The predicted octanol–water partition coefficient (Wildman–Crippen LogP) is 3.70. The molecular formula is C19H18O5. The minimum absolute atomic E-state index is 0.0223. The lowest BCUT2D eigenvalue weighted by Crippen LogP contribution is -2.05. The first-order chi connectivity index (χ1) is 11.5. The minimum Gasteiger partial charge on any atom is -0.507 e. The molecule has 0 aromatic heterocycles. The number of aromatic hydroxyl groups is 4. The van der Waals surface area contributed by atoms with Crippen molar-refractivity contribution in [3.05, 3.63) is 29.3 Å². The van der Waals surface area contributed by atoms with Gasteiger partial charge in [0.2, 0.25) is 0 Å². The number of methoxy groups -OCH3 is 1. The Morgan fingerprint density at radius 3 is 2.00 bits per heavy atom. The Labute approximate surface area is 138 Å². The van der Waals surface area contributed by atoms with Crippen molar-refractivity contribution < 1.29 is 25.2 Å². The van der Waals surface area contributed by atoms with E-state index in [4.69, 9.17) is 4.74 Å². The topological polar surface area (TPSA) is 90.2 Å². The van der Waals surface area contributed by atoms with Gasteiger partial charge in [0.1, 0.15) is 28.7 Å². The molecule has 0 atom stereocenters. The smallest absolute Gasteiger partial charge is 0.139 e. The van der Waals surface area contributed by atoms with E-state index in [1.165, 1.54) is 19.2 Å². The molecule has 124 valence electrons. The lowest BCUT2D eigenvalue weighted by molar-refractivity contribution is 0.414. The molecule has 4 rings (SSSR count). The minimum atomic E-state index is -0.211. The van der Waals surface area contributed by atoms with Crippen LogP contribution in [0, 0.1) is 0 Å². The van der Waals surface area contributed by atoms with Crippen LogP contribution in [0.1, 0.15) is 24.0 Å². The van der Waals surface area contributed by atoms with E-state index in [1.807, 2.05) is 6.07 Å². The van der Waals surface area contributed by atoms with Gasteiger partial charge in [-0.25, -0.2) is 0 Å². The number of phenolic OH excluding ortho intramolecular Hbond substituents is 4. The number of aryl methyl sites for hydroxylation is 2. The maximum Gasteiger partial charge on any atom is 0.139 e. The summed E-state index contributed by atoms with van der Waals surface area (Å²) >= 11 is 0. The van der Waals surface area contributed by atoms with Crippen molar-refractivity contribution >= 4 is 21.5 Å². The van der Waals surface area contributed by atoms with Gasteiger partial charge in [0.15, 0.2) is 0 Å². The van der Waals surface area contributed by atoms with Crippen LogP contribution in [0.2, 0.25) is 0 Å². The SMILES string of the molecule is COc1cc2c(c3c(O)c4c(O)ccc(O)c4c(O)c13)CCCC2. The molecule has 0 unspecified atom stereocenters. The van der Waals surface area contributed by atoms with Gasteiger partial charge in [-0.05, 0) is 55.0 Å². The number of rotatable bonds is 1. The highest BCUT2D eigenvalue weighted by molar-refractivity contribution is 6.17. The Hall–Kier alpha value is -2.82. The summed E-state index contributed by atoms with van der Waals surface area (Å²) in [5.41, 5.74) is 2.05. The van der Waals surface area contributed by atoms with Crippen molar-refractivity contribution in [3.63, 3.8) is 0 Å². The lowest BCUT2D eigenvalue weighted by atomic mass is 9.85. The molecule has 0 aliphatic heterocycles. The Balaban J connectivity index is 2.32. The van der Waals surface area contributed by atoms with Crippen LogP contribution in [-0.4, -0.2) is 27.5 Å². The molecule has 5 nitrogen and oxygen atoms in total. The van der Waals surface area contributed by atoms with Gasteiger partial charge in [0, 0.05) is 5.39 Å². The van der Waals surface area contributed by atoms with Crippen molar-refractivity contribution in [2.45, 2.75) is 25.7 Å². The third kappa shape index (κ3) is 1.81. The summed E-state index contributed by atoms with van der Waals surface area (Å²) in [5, 5.41) is 42.9.